The zero-order chi connectivity index (χ0) is 93.5. The number of aromatic nitrogens is 2. The van der Waals surface area contributed by atoms with Gasteiger partial charge in [0.05, 0.1) is 43.5 Å². The number of thioether (sulfide) groups is 1. The molecule has 37 nitrogen and oxygen atoms in total. The van der Waals surface area contributed by atoms with Crippen LogP contribution in [0.4, 0.5) is 0 Å². The summed E-state index contributed by atoms with van der Waals surface area (Å²) in [5, 5.41) is 41.8. The first kappa shape index (κ1) is 102. The molecule has 13 atom stereocenters. The summed E-state index contributed by atoms with van der Waals surface area (Å²) < 4.78 is 0. The molecular formula is C89H127N19O18S. The molecule has 3 aromatic carbocycles. The third kappa shape index (κ3) is 30.0. The second kappa shape index (κ2) is 49.7. The largest absolute Gasteiger partial charge is 0.394 e. The van der Waals surface area contributed by atoms with Gasteiger partial charge in [0.15, 0.2) is 23.3 Å². The minimum atomic E-state index is -1.82. The van der Waals surface area contributed by atoms with E-state index in [0.29, 0.717) is 64.2 Å². The van der Waals surface area contributed by atoms with Gasteiger partial charge in [-0.15, -0.1) is 11.8 Å². The van der Waals surface area contributed by atoms with Gasteiger partial charge in [0.2, 0.25) is 82.7 Å². The number of aromatic amines is 2. The molecule has 1 unspecified atom stereocenters. The number of carbonyl (C=O) groups is 17. The van der Waals surface area contributed by atoms with Crippen molar-refractivity contribution in [1.29, 1.82) is 5.41 Å². The Morgan fingerprint density at radius 3 is 1.70 bits per heavy atom. The predicted molar refractivity (Wildman–Crippen MR) is 477 cm³/mol. The van der Waals surface area contributed by atoms with E-state index in [9.17, 15) is 67.4 Å². The molecular weight excluding hydrogens is 1660 g/mol. The molecule has 18 N–H and O–H groups in total. The van der Waals surface area contributed by atoms with E-state index in [2.05, 4.69) is 52.5 Å². The fourth-order valence-electron chi connectivity index (χ4n) is 15.8. The van der Waals surface area contributed by atoms with Gasteiger partial charge in [0.25, 0.3) is 0 Å². The van der Waals surface area contributed by atoms with Crippen molar-refractivity contribution in [3.63, 3.8) is 0 Å². The summed E-state index contributed by atoms with van der Waals surface area (Å²) in [4.78, 5) is 258. The van der Waals surface area contributed by atoms with Crippen molar-refractivity contribution in [1.82, 2.24) is 77.0 Å². The van der Waals surface area contributed by atoms with E-state index >= 15 is 19.2 Å². The Balaban J connectivity index is 1.28. The van der Waals surface area contributed by atoms with Gasteiger partial charge in [-0.25, -0.2) is 0 Å². The van der Waals surface area contributed by atoms with Gasteiger partial charge >= 0.3 is 0 Å². The summed E-state index contributed by atoms with van der Waals surface area (Å²) in [6.07, 6.45) is 2.55. The van der Waals surface area contributed by atoms with Crippen LogP contribution in [0.5, 0.6) is 0 Å². The van der Waals surface area contributed by atoms with Crippen LogP contribution in [0.2, 0.25) is 0 Å². The number of hydrogen-bond donors (Lipinski definition) is 15. The van der Waals surface area contributed by atoms with Crippen molar-refractivity contribution in [2.45, 2.75) is 230 Å². The van der Waals surface area contributed by atoms with Crippen LogP contribution >= 0.6 is 11.8 Å². The number of hydrogen-bond acceptors (Lipinski definition) is 20. The predicted octanol–water partition coefficient (Wildman–Crippen LogP) is 1.33. The maximum atomic E-state index is 15.7. The van der Waals surface area contributed by atoms with Gasteiger partial charge < -0.3 is 99.3 Å². The van der Waals surface area contributed by atoms with E-state index in [0.717, 1.165) is 21.6 Å². The lowest BCUT2D eigenvalue weighted by atomic mass is 9.90. The fraction of sp³-hybridized carbons (Fsp3) is 0.551. The Kier molecular flexibility index (Phi) is 39.9. The van der Waals surface area contributed by atoms with Crippen molar-refractivity contribution >= 4 is 140 Å². The van der Waals surface area contributed by atoms with Gasteiger partial charge in [-0.2, -0.15) is 0 Å². The first-order valence-corrected chi connectivity index (χ1v) is 44.5. The number of guanidine groups is 1. The lowest BCUT2D eigenvalue weighted by Crippen LogP contribution is -2.60. The molecule has 5 aromatic rings. The van der Waals surface area contributed by atoms with Crippen LogP contribution in [0.1, 0.15) is 161 Å². The summed E-state index contributed by atoms with van der Waals surface area (Å²) >= 11 is 0.862. The number of Topliss-reactive ketones (excluding diaryl/α,β-unsaturated/α-hetero) is 3. The Morgan fingerprint density at radius 1 is 0.551 bits per heavy atom. The maximum Gasteiger partial charge on any atom is 0.246 e. The number of H-pyrrole nitrogens is 2. The lowest BCUT2D eigenvalue weighted by molar-refractivity contribution is -0.149. The highest BCUT2D eigenvalue weighted by atomic mass is 32.2. The van der Waals surface area contributed by atoms with Crippen molar-refractivity contribution in [2.75, 3.05) is 65.9 Å². The summed E-state index contributed by atoms with van der Waals surface area (Å²) in [5.41, 5.74) is 19.8. The number of fused-ring (bicyclic) bond motifs is 3. The first-order chi connectivity index (χ1) is 60.4. The van der Waals surface area contributed by atoms with Gasteiger partial charge in [0.1, 0.15) is 48.3 Å². The van der Waals surface area contributed by atoms with Gasteiger partial charge in [-0.1, -0.05) is 127 Å². The molecule has 0 spiro atoms. The van der Waals surface area contributed by atoms with Crippen molar-refractivity contribution < 1.29 is 86.6 Å². The smallest absolute Gasteiger partial charge is 0.246 e. The number of primary amides is 2. The number of aliphatic hydroxyl groups is 1. The molecule has 2 saturated heterocycles. The van der Waals surface area contributed by atoms with Crippen LogP contribution in [0.15, 0.2) is 91.3 Å². The van der Waals surface area contributed by atoms with Crippen molar-refractivity contribution in [3.05, 3.63) is 108 Å². The zero-order valence-electron chi connectivity index (χ0n) is 74.2. The number of likely N-dealkylation sites (N-methyl/N-ethyl adjacent to an activating group) is 4. The molecule has 0 aliphatic carbocycles. The normalized spacial score (nSPS) is 24.1. The van der Waals surface area contributed by atoms with E-state index in [1.807, 2.05) is 13.8 Å². The zero-order valence-corrected chi connectivity index (χ0v) is 75.0. The molecule has 38 heteroatoms. The average molecular weight is 1780 g/mol. The van der Waals surface area contributed by atoms with Gasteiger partial charge in [-0.3, -0.25) is 86.9 Å². The van der Waals surface area contributed by atoms with Crippen LogP contribution in [-0.4, -0.2) is 278 Å². The van der Waals surface area contributed by atoms with Crippen molar-refractivity contribution in [3.8, 4) is 0 Å². The lowest BCUT2D eigenvalue weighted by Gasteiger charge is -2.36. The quantitative estimate of drug-likeness (QED) is 0.0223. The number of nitrogens with one attached hydrogen (secondary N) is 11. The highest BCUT2D eigenvalue weighted by Gasteiger charge is 2.44. The van der Waals surface area contributed by atoms with Crippen molar-refractivity contribution in [2.24, 2.45) is 35.0 Å². The summed E-state index contributed by atoms with van der Waals surface area (Å²) in [6, 6.07) is 6.98. The molecule has 127 heavy (non-hydrogen) atoms. The summed E-state index contributed by atoms with van der Waals surface area (Å²) in [7, 11) is 5.37. The second-order valence-electron chi connectivity index (χ2n) is 33.4. The highest BCUT2D eigenvalue weighted by Crippen LogP contribution is 2.28. The van der Waals surface area contributed by atoms with Crippen LogP contribution < -0.4 is 59.7 Å². The van der Waals surface area contributed by atoms with Crippen LogP contribution in [0.3, 0.4) is 0 Å². The standard InChI is InChI=1S/C89H127N19O18S/c1-11-13-31-69-74(112)43-55(26-22-36-94-89(92)93)81(119)103-68(72(110)34-35-75(90)113)49-127-50-78(116)98-64(40-54-24-16-15-17-25-54)85(123)105(8)53(6)80(118)100-66(44-76(91)114)87(125)108-37-23-33-70(108)73(111)39-52(5)79(117)99-63(38-51(3)4)84(122)104(7)47-77(115)97-62(41-56-45-95-60-29-20-18-27-58(56)60)82(120)102-67(48-109)83(121)101-65(42-57-46-96-61-30-21-19-28-59(57)61)86(124)107(10)71(32-14-12-2)88(126)106(69)9/h15-21,24-25,27-30,45-46,51-53,55,62-71,95-96,109H,11-14,22-23,26,31-44,47-50H2,1-10H3,(H2,90,113)(H2,91,114)(H,97,115)(H,98,116)(H,99,117)(H,100,118)(H,101,121)(H,102,120)(H,103,119)(H4,92,93,94)/t52-,53+,55-,62+,63+,64+,65+,66+,67+,68+,69+,70?,71+/m1/s1. The first-order valence-electron chi connectivity index (χ1n) is 43.4. The second-order valence-corrected chi connectivity index (χ2v) is 34.5. The number of nitrogens with two attached hydrogens (primary N) is 3. The third-order valence-corrected chi connectivity index (χ3v) is 24.2. The summed E-state index contributed by atoms with van der Waals surface area (Å²) in [5.74, 6) is -17.5. The SMILES string of the molecule is CCCC[C@H]1C(=O)N(C)[C@@H](CCCC)C(=O)C[C@@H](CCCNC(=N)N)C(=O)N[C@H](C(=O)CCC(N)=O)CSCC(=O)N[C@@H](Cc2ccccc2)C(=O)N(C)[C@@H](C)C(=O)N[C@@H](CC(N)=O)C(=O)N2CCCC2C(=O)C[C@@H](C)C(=O)N[C@@H](CC(C)C)C(=O)N(C)CC(=O)N[C@@H](Cc2c[nH]c3ccccc23)C(=O)N[C@@H](CO)C(=O)N[C@@H](Cc2c[nH]c3ccccc23)C(=O)N1C. The topological polar surface area (TPSA) is 556 Å². The molecule has 2 fully saturated rings. The van der Waals surface area contributed by atoms with E-state index in [-0.39, 0.29) is 94.9 Å². The third-order valence-electron chi connectivity index (χ3n) is 23.1. The van der Waals surface area contributed by atoms with Crippen LogP contribution in [0.25, 0.3) is 21.8 Å². The van der Waals surface area contributed by atoms with Crippen LogP contribution in [-0.2, 0) is 101 Å². The van der Waals surface area contributed by atoms with Gasteiger partial charge in [-0.05, 0) is 86.6 Å². The summed E-state index contributed by atoms with van der Waals surface area (Å²) in [6.45, 7) is 8.39. The molecule has 14 amide bonds. The number of ketones is 3. The van der Waals surface area contributed by atoms with E-state index in [1.165, 1.54) is 56.7 Å². The molecule has 2 aromatic heterocycles. The average Bonchev–Trinajstić information content (AvgIpc) is 1.61. The van der Waals surface area contributed by atoms with Gasteiger partial charge in [0, 0.05) is 138 Å². The maximum absolute atomic E-state index is 15.7. The number of benzene rings is 3. The van der Waals surface area contributed by atoms with E-state index in [4.69, 9.17) is 22.6 Å². The highest BCUT2D eigenvalue weighted by molar-refractivity contribution is 8.00. The number of amides is 14. The minimum absolute atomic E-state index is 0.0169. The molecule has 4 heterocycles. The monoisotopic (exact) mass is 1780 g/mol. The Hall–Kier alpha value is -12.1. The number of carbonyl (C=O) groups excluding carboxylic acids is 17. The Labute approximate surface area is 743 Å². The van der Waals surface area contributed by atoms with E-state index in [1.54, 1.807) is 105 Å². The number of rotatable bonds is 25. The minimum Gasteiger partial charge on any atom is -0.394 e. The number of para-hydroxylation sites is 2. The van der Waals surface area contributed by atoms with Crippen LogP contribution in [0, 0.1) is 23.2 Å². The number of aliphatic hydroxyl groups excluding tert-OH is 1. The van der Waals surface area contributed by atoms with E-state index < -0.39 is 229 Å². The Morgan fingerprint density at radius 2 is 1.10 bits per heavy atom. The fourth-order valence-corrected chi connectivity index (χ4v) is 16.7. The molecule has 0 saturated carbocycles. The molecule has 0 bridgehead atoms. The molecule has 7 rings (SSSR count). The molecule has 692 valence electrons. The number of nitrogens with zero attached hydrogens (tertiary/aromatic N) is 5. The molecule has 2 aliphatic rings. The molecule has 2 aliphatic heterocycles. The number of unbranched alkanes of at least 4 members (excludes halogenated alkanes) is 2. The Bertz CT molecular complexity index is 4730. The molecule has 0 radical (unpaired) electrons.